The second-order valence-corrected chi connectivity index (χ2v) is 5.76. The average Bonchev–Trinajstić information content (AvgIpc) is 3.11. The minimum Gasteiger partial charge on any atom is -0.373 e. The molecule has 1 aromatic rings. The fourth-order valence-electron chi connectivity index (χ4n) is 2.60. The summed E-state index contributed by atoms with van der Waals surface area (Å²) >= 11 is 0. The first-order valence-electron chi connectivity index (χ1n) is 7.02. The van der Waals surface area contributed by atoms with E-state index in [1.807, 2.05) is 0 Å². The van der Waals surface area contributed by atoms with E-state index < -0.39 is 0 Å². The van der Waals surface area contributed by atoms with Crippen LogP contribution in [0.25, 0.3) is 0 Å². The summed E-state index contributed by atoms with van der Waals surface area (Å²) < 4.78 is 0. The summed E-state index contributed by atoms with van der Waals surface area (Å²) in [4.78, 5) is 2.40. The van der Waals surface area contributed by atoms with Crippen molar-refractivity contribution in [2.75, 3.05) is 25.0 Å². The highest BCUT2D eigenvalue weighted by Gasteiger charge is 2.20. The molecule has 0 unspecified atom stereocenters. The van der Waals surface area contributed by atoms with Crippen LogP contribution in [-0.2, 0) is 0 Å². The van der Waals surface area contributed by atoms with Gasteiger partial charge in [0, 0.05) is 31.9 Å². The van der Waals surface area contributed by atoms with Gasteiger partial charge in [-0.1, -0.05) is 6.07 Å². The van der Waals surface area contributed by atoms with Gasteiger partial charge in [0.05, 0.1) is 0 Å². The molecule has 0 radical (unpaired) electrons. The lowest BCUT2D eigenvalue weighted by molar-refractivity contribution is 0.674. The van der Waals surface area contributed by atoms with E-state index in [1.165, 1.54) is 40.8 Å². The molecule has 0 heterocycles. The topological polar surface area (TPSA) is 15.3 Å². The SMILES string of the molecule is Cc1cc(C)c(C)c(N(C)CCNC2CC2)c1C. The Morgan fingerprint density at radius 2 is 1.67 bits per heavy atom. The van der Waals surface area contributed by atoms with Gasteiger partial charge < -0.3 is 10.2 Å². The van der Waals surface area contributed by atoms with Gasteiger partial charge >= 0.3 is 0 Å². The number of nitrogens with one attached hydrogen (secondary N) is 1. The van der Waals surface area contributed by atoms with Crippen LogP contribution >= 0.6 is 0 Å². The lowest BCUT2D eigenvalue weighted by atomic mass is 9.98. The van der Waals surface area contributed by atoms with Crippen molar-refractivity contribution >= 4 is 5.69 Å². The average molecular weight is 246 g/mol. The molecule has 0 spiro atoms. The van der Waals surface area contributed by atoms with Crippen LogP contribution in [0.2, 0.25) is 0 Å². The molecule has 1 aromatic carbocycles. The number of hydrogen-bond acceptors (Lipinski definition) is 2. The van der Waals surface area contributed by atoms with Gasteiger partial charge in [0.1, 0.15) is 0 Å². The smallest absolute Gasteiger partial charge is 0.0428 e. The Hall–Kier alpha value is -1.02. The molecule has 0 saturated heterocycles. The van der Waals surface area contributed by atoms with Crippen LogP contribution in [0.1, 0.15) is 35.1 Å². The van der Waals surface area contributed by atoms with Crippen molar-refractivity contribution < 1.29 is 0 Å². The lowest BCUT2D eigenvalue weighted by Crippen LogP contribution is -2.31. The van der Waals surface area contributed by atoms with Crippen LogP contribution in [0, 0.1) is 27.7 Å². The highest BCUT2D eigenvalue weighted by atomic mass is 15.1. The molecule has 0 aromatic heterocycles. The normalized spacial score (nSPS) is 14.9. The predicted molar refractivity (Wildman–Crippen MR) is 79.7 cm³/mol. The van der Waals surface area contributed by atoms with E-state index in [0.717, 1.165) is 19.1 Å². The third-order valence-electron chi connectivity index (χ3n) is 4.17. The molecule has 18 heavy (non-hydrogen) atoms. The fraction of sp³-hybridized carbons (Fsp3) is 0.625. The monoisotopic (exact) mass is 246 g/mol. The molecule has 1 aliphatic rings. The fourth-order valence-corrected chi connectivity index (χ4v) is 2.60. The first-order chi connectivity index (χ1) is 8.50. The molecular formula is C16H26N2. The maximum atomic E-state index is 3.58. The number of benzene rings is 1. The van der Waals surface area contributed by atoms with Crippen molar-refractivity contribution in [1.82, 2.24) is 5.32 Å². The molecule has 2 heteroatoms. The van der Waals surface area contributed by atoms with Crippen LogP contribution < -0.4 is 10.2 Å². The zero-order chi connectivity index (χ0) is 13.3. The van der Waals surface area contributed by atoms with Crippen molar-refractivity contribution in [3.05, 3.63) is 28.3 Å². The summed E-state index contributed by atoms with van der Waals surface area (Å²) in [5.41, 5.74) is 7.06. The van der Waals surface area contributed by atoms with Gasteiger partial charge in [-0.3, -0.25) is 0 Å². The second kappa shape index (κ2) is 5.31. The lowest BCUT2D eigenvalue weighted by Gasteiger charge is -2.26. The van der Waals surface area contributed by atoms with Crippen molar-refractivity contribution in [2.45, 2.75) is 46.6 Å². The zero-order valence-electron chi connectivity index (χ0n) is 12.4. The van der Waals surface area contributed by atoms with Crippen molar-refractivity contribution in [2.24, 2.45) is 0 Å². The standard InChI is InChI=1S/C16H26N2/c1-11-10-12(2)14(4)16(13(11)3)18(5)9-8-17-15-6-7-15/h10,15,17H,6-9H2,1-5H3. The van der Waals surface area contributed by atoms with E-state index in [9.17, 15) is 0 Å². The number of likely N-dealkylation sites (N-methyl/N-ethyl adjacent to an activating group) is 1. The number of hydrogen-bond donors (Lipinski definition) is 1. The second-order valence-electron chi connectivity index (χ2n) is 5.76. The van der Waals surface area contributed by atoms with Gasteiger partial charge in [0.2, 0.25) is 0 Å². The molecule has 0 atom stereocenters. The third kappa shape index (κ3) is 2.86. The van der Waals surface area contributed by atoms with E-state index in [-0.39, 0.29) is 0 Å². The summed E-state index contributed by atoms with van der Waals surface area (Å²) in [7, 11) is 2.21. The Kier molecular flexibility index (Phi) is 3.96. The Morgan fingerprint density at radius 1 is 1.11 bits per heavy atom. The Morgan fingerprint density at radius 3 is 2.17 bits per heavy atom. The maximum Gasteiger partial charge on any atom is 0.0428 e. The summed E-state index contributed by atoms with van der Waals surface area (Å²) in [6, 6.07) is 3.10. The van der Waals surface area contributed by atoms with Crippen LogP contribution in [0.3, 0.4) is 0 Å². The Labute approximate surface area is 111 Å². The summed E-state index contributed by atoms with van der Waals surface area (Å²) in [6.07, 6.45) is 2.73. The van der Waals surface area contributed by atoms with Crippen LogP contribution in [0.4, 0.5) is 5.69 Å². The summed E-state index contributed by atoms with van der Waals surface area (Å²) in [5.74, 6) is 0. The van der Waals surface area contributed by atoms with E-state index >= 15 is 0 Å². The molecule has 0 bridgehead atoms. The molecule has 0 amide bonds. The van der Waals surface area contributed by atoms with Gasteiger partial charge in [0.25, 0.3) is 0 Å². The van der Waals surface area contributed by atoms with Crippen LogP contribution in [0.15, 0.2) is 6.07 Å². The molecule has 100 valence electrons. The maximum absolute atomic E-state index is 3.58. The van der Waals surface area contributed by atoms with Crippen LogP contribution in [-0.4, -0.2) is 26.2 Å². The van der Waals surface area contributed by atoms with Gasteiger partial charge in [-0.05, 0) is 62.8 Å². The van der Waals surface area contributed by atoms with Gasteiger partial charge in [-0.15, -0.1) is 0 Å². The highest BCUT2D eigenvalue weighted by molar-refractivity contribution is 5.63. The van der Waals surface area contributed by atoms with Gasteiger partial charge in [0.15, 0.2) is 0 Å². The Balaban J connectivity index is 2.09. The summed E-state index contributed by atoms with van der Waals surface area (Å²) in [5, 5.41) is 3.58. The van der Waals surface area contributed by atoms with E-state index in [4.69, 9.17) is 0 Å². The molecule has 0 aliphatic heterocycles. The largest absolute Gasteiger partial charge is 0.373 e. The molecular weight excluding hydrogens is 220 g/mol. The van der Waals surface area contributed by atoms with Crippen molar-refractivity contribution in [3.63, 3.8) is 0 Å². The molecule has 2 rings (SSSR count). The van der Waals surface area contributed by atoms with Crippen molar-refractivity contribution in [1.29, 1.82) is 0 Å². The van der Waals surface area contributed by atoms with E-state index in [0.29, 0.717) is 0 Å². The third-order valence-corrected chi connectivity index (χ3v) is 4.17. The molecule has 2 nitrogen and oxygen atoms in total. The molecule has 1 saturated carbocycles. The van der Waals surface area contributed by atoms with Crippen molar-refractivity contribution in [3.8, 4) is 0 Å². The van der Waals surface area contributed by atoms with E-state index in [2.05, 4.69) is 51.0 Å². The minimum atomic E-state index is 0.805. The van der Waals surface area contributed by atoms with Gasteiger partial charge in [-0.25, -0.2) is 0 Å². The number of rotatable bonds is 5. The molecule has 1 fully saturated rings. The first-order valence-corrected chi connectivity index (χ1v) is 7.02. The predicted octanol–water partition coefficient (Wildman–Crippen LogP) is 3.11. The number of anilines is 1. The van der Waals surface area contributed by atoms with E-state index in [1.54, 1.807) is 0 Å². The minimum absolute atomic E-state index is 0.805. The number of nitrogens with zero attached hydrogens (tertiary/aromatic N) is 1. The highest BCUT2D eigenvalue weighted by Crippen LogP contribution is 2.29. The Bertz CT molecular complexity index is 407. The summed E-state index contributed by atoms with van der Waals surface area (Å²) in [6.45, 7) is 11.1. The quantitative estimate of drug-likeness (QED) is 0.859. The molecule has 1 N–H and O–H groups in total. The van der Waals surface area contributed by atoms with Gasteiger partial charge in [-0.2, -0.15) is 0 Å². The number of aryl methyl sites for hydroxylation is 2. The first kappa shape index (κ1) is 13.4. The molecule has 1 aliphatic carbocycles. The van der Waals surface area contributed by atoms with Crippen LogP contribution in [0.5, 0.6) is 0 Å². The zero-order valence-corrected chi connectivity index (χ0v) is 12.4.